The normalized spacial score (nSPS) is 21.4. The van der Waals surface area contributed by atoms with Crippen LogP contribution in [0.4, 0.5) is 5.69 Å². The molecular weight excluding hydrogens is 262 g/mol. The molecule has 1 saturated heterocycles. The van der Waals surface area contributed by atoms with Crippen molar-refractivity contribution in [1.82, 2.24) is 10.3 Å². The van der Waals surface area contributed by atoms with E-state index in [0.717, 1.165) is 5.69 Å². The van der Waals surface area contributed by atoms with Crippen molar-refractivity contribution in [3.63, 3.8) is 0 Å². The van der Waals surface area contributed by atoms with Gasteiger partial charge in [-0.1, -0.05) is 0 Å². The third kappa shape index (κ3) is 3.45. The fourth-order valence-corrected chi connectivity index (χ4v) is 2.06. The molecule has 2 heterocycles. The molecule has 2 atom stereocenters. The van der Waals surface area contributed by atoms with Crippen molar-refractivity contribution in [1.29, 1.82) is 0 Å². The second kappa shape index (κ2) is 6.33. The number of nitrogens with zero attached hydrogens (tertiary/aromatic N) is 1. The predicted molar refractivity (Wildman–Crippen MR) is 71.6 cm³/mol. The summed E-state index contributed by atoms with van der Waals surface area (Å²) in [5, 5.41) is 14.5. The number of ether oxygens (including phenoxy) is 1. The summed E-state index contributed by atoms with van der Waals surface area (Å²) in [4.78, 5) is 26.2. The number of hydrogen-bond donors (Lipinski definition) is 3. The zero-order valence-electron chi connectivity index (χ0n) is 11.1. The summed E-state index contributed by atoms with van der Waals surface area (Å²) < 4.78 is 5.39. The van der Waals surface area contributed by atoms with Crippen LogP contribution in [0.5, 0.6) is 0 Å². The lowest BCUT2D eigenvalue weighted by molar-refractivity contribution is -0.149. The number of carbonyl (C=O) groups excluding carboxylic acids is 1. The minimum absolute atomic E-state index is 0.132. The highest BCUT2D eigenvalue weighted by Crippen LogP contribution is 2.20. The first-order chi connectivity index (χ1) is 9.60. The van der Waals surface area contributed by atoms with Gasteiger partial charge in [-0.2, -0.15) is 0 Å². The molecule has 1 aliphatic rings. The Labute approximate surface area is 116 Å². The SMILES string of the molecule is CNC(=O)c1cc(NCC2CCC(C(=O)O)O2)ccn1. The van der Waals surface area contributed by atoms with Gasteiger partial charge < -0.3 is 20.5 Å². The van der Waals surface area contributed by atoms with Gasteiger partial charge in [0.25, 0.3) is 5.91 Å². The summed E-state index contributed by atoms with van der Waals surface area (Å²) in [5.74, 6) is -1.17. The number of carboxylic acids is 1. The van der Waals surface area contributed by atoms with Crippen molar-refractivity contribution in [2.45, 2.75) is 25.0 Å². The number of carbonyl (C=O) groups is 2. The van der Waals surface area contributed by atoms with Crippen LogP contribution in [0, 0.1) is 0 Å². The van der Waals surface area contributed by atoms with Crippen LogP contribution in [-0.2, 0) is 9.53 Å². The molecule has 0 spiro atoms. The number of aliphatic carboxylic acids is 1. The van der Waals surface area contributed by atoms with E-state index in [4.69, 9.17) is 9.84 Å². The van der Waals surface area contributed by atoms with E-state index in [1.54, 1.807) is 25.4 Å². The molecule has 0 aliphatic carbocycles. The summed E-state index contributed by atoms with van der Waals surface area (Å²) in [7, 11) is 1.54. The topological polar surface area (TPSA) is 101 Å². The number of hydrogen-bond acceptors (Lipinski definition) is 5. The fourth-order valence-electron chi connectivity index (χ4n) is 2.06. The number of amides is 1. The molecule has 3 N–H and O–H groups in total. The van der Waals surface area contributed by atoms with Gasteiger partial charge in [-0.05, 0) is 25.0 Å². The molecule has 1 aliphatic heterocycles. The minimum Gasteiger partial charge on any atom is -0.479 e. The highest BCUT2D eigenvalue weighted by atomic mass is 16.5. The average Bonchev–Trinajstić information content (AvgIpc) is 2.93. The number of nitrogens with one attached hydrogen (secondary N) is 2. The minimum atomic E-state index is -0.918. The molecule has 0 bridgehead atoms. The molecule has 2 rings (SSSR count). The lowest BCUT2D eigenvalue weighted by atomic mass is 10.2. The van der Waals surface area contributed by atoms with E-state index < -0.39 is 12.1 Å². The molecular formula is C13H17N3O4. The fraction of sp³-hybridized carbons (Fsp3) is 0.462. The van der Waals surface area contributed by atoms with Crippen LogP contribution in [0.2, 0.25) is 0 Å². The van der Waals surface area contributed by atoms with Crippen molar-refractivity contribution in [2.24, 2.45) is 0 Å². The average molecular weight is 279 g/mol. The molecule has 1 amide bonds. The van der Waals surface area contributed by atoms with Gasteiger partial charge in [0.15, 0.2) is 6.10 Å². The maximum absolute atomic E-state index is 11.5. The maximum Gasteiger partial charge on any atom is 0.332 e. The standard InChI is InChI=1S/C13H17N3O4/c1-14-12(17)10-6-8(4-5-15-10)16-7-9-2-3-11(20-9)13(18)19/h4-6,9,11H,2-3,7H2,1H3,(H,14,17)(H,15,16)(H,18,19). The number of carboxylic acid groups (broad SMARTS) is 1. The Kier molecular flexibility index (Phi) is 4.52. The van der Waals surface area contributed by atoms with Gasteiger partial charge in [-0.3, -0.25) is 9.78 Å². The van der Waals surface area contributed by atoms with Gasteiger partial charge in [0, 0.05) is 25.5 Å². The number of rotatable bonds is 5. The predicted octanol–water partition coefficient (Wildman–Crippen LogP) is 0.485. The van der Waals surface area contributed by atoms with Crippen molar-refractivity contribution in [3.05, 3.63) is 24.0 Å². The van der Waals surface area contributed by atoms with Crippen LogP contribution in [0.25, 0.3) is 0 Å². The summed E-state index contributed by atoms with van der Waals surface area (Å²) >= 11 is 0. The van der Waals surface area contributed by atoms with Gasteiger partial charge in [-0.15, -0.1) is 0 Å². The molecule has 1 aromatic rings. The lowest BCUT2D eigenvalue weighted by Crippen LogP contribution is -2.24. The summed E-state index contributed by atoms with van der Waals surface area (Å²) in [6, 6.07) is 3.39. The van der Waals surface area contributed by atoms with Gasteiger partial charge in [0.2, 0.25) is 0 Å². The first-order valence-corrected chi connectivity index (χ1v) is 6.40. The molecule has 0 radical (unpaired) electrons. The Morgan fingerprint density at radius 2 is 2.30 bits per heavy atom. The Bertz CT molecular complexity index is 506. The van der Waals surface area contributed by atoms with Crippen LogP contribution >= 0.6 is 0 Å². The number of anilines is 1. The van der Waals surface area contributed by atoms with Crippen LogP contribution in [0.3, 0.4) is 0 Å². The highest BCUT2D eigenvalue weighted by molar-refractivity contribution is 5.92. The van der Waals surface area contributed by atoms with E-state index in [2.05, 4.69) is 15.6 Å². The zero-order valence-corrected chi connectivity index (χ0v) is 11.1. The van der Waals surface area contributed by atoms with E-state index in [1.807, 2.05) is 0 Å². The number of pyridine rings is 1. The van der Waals surface area contributed by atoms with E-state index in [0.29, 0.717) is 25.1 Å². The van der Waals surface area contributed by atoms with Crippen molar-refractivity contribution < 1.29 is 19.4 Å². The van der Waals surface area contributed by atoms with Crippen LogP contribution in [0.15, 0.2) is 18.3 Å². The van der Waals surface area contributed by atoms with E-state index in [9.17, 15) is 9.59 Å². The Morgan fingerprint density at radius 1 is 1.50 bits per heavy atom. The third-order valence-electron chi connectivity index (χ3n) is 3.14. The first kappa shape index (κ1) is 14.3. The maximum atomic E-state index is 11.5. The summed E-state index contributed by atoms with van der Waals surface area (Å²) in [6.45, 7) is 0.501. The van der Waals surface area contributed by atoms with Crippen molar-refractivity contribution >= 4 is 17.6 Å². The first-order valence-electron chi connectivity index (χ1n) is 6.40. The molecule has 7 nitrogen and oxygen atoms in total. The molecule has 0 aromatic carbocycles. The van der Waals surface area contributed by atoms with E-state index in [-0.39, 0.29) is 12.0 Å². The van der Waals surface area contributed by atoms with Crippen molar-refractivity contribution in [2.75, 3.05) is 18.9 Å². The monoisotopic (exact) mass is 279 g/mol. The molecule has 1 aromatic heterocycles. The smallest absolute Gasteiger partial charge is 0.332 e. The van der Waals surface area contributed by atoms with Gasteiger partial charge in [0.1, 0.15) is 5.69 Å². The Morgan fingerprint density at radius 3 is 2.95 bits per heavy atom. The molecule has 20 heavy (non-hydrogen) atoms. The quantitative estimate of drug-likeness (QED) is 0.725. The molecule has 108 valence electrons. The second-order valence-electron chi connectivity index (χ2n) is 4.55. The Balaban J connectivity index is 1.88. The van der Waals surface area contributed by atoms with Crippen LogP contribution < -0.4 is 10.6 Å². The van der Waals surface area contributed by atoms with Crippen molar-refractivity contribution in [3.8, 4) is 0 Å². The summed E-state index contributed by atoms with van der Waals surface area (Å²) in [5.41, 5.74) is 1.08. The highest BCUT2D eigenvalue weighted by Gasteiger charge is 2.30. The zero-order chi connectivity index (χ0) is 14.5. The van der Waals surface area contributed by atoms with E-state index >= 15 is 0 Å². The second-order valence-corrected chi connectivity index (χ2v) is 4.55. The third-order valence-corrected chi connectivity index (χ3v) is 3.14. The molecule has 0 saturated carbocycles. The van der Waals surface area contributed by atoms with Gasteiger partial charge >= 0.3 is 5.97 Å². The lowest BCUT2D eigenvalue weighted by Gasteiger charge is -2.13. The van der Waals surface area contributed by atoms with Gasteiger partial charge in [-0.25, -0.2) is 4.79 Å². The van der Waals surface area contributed by atoms with Crippen LogP contribution in [0.1, 0.15) is 23.3 Å². The van der Waals surface area contributed by atoms with E-state index in [1.165, 1.54) is 0 Å². The van der Waals surface area contributed by atoms with Crippen LogP contribution in [-0.4, -0.2) is 47.8 Å². The molecule has 7 heteroatoms. The largest absolute Gasteiger partial charge is 0.479 e. The summed E-state index contributed by atoms with van der Waals surface area (Å²) in [6.07, 6.45) is 1.94. The Hall–Kier alpha value is -2.15. The van der Waals surface area contributed by atoms with Gasteiger partial charge in [0.05, 0.1) is 6.10 Å². The molecule has 2 unspecified atom stereocenters. The molecule has 1 fully saturated rings. The number of aromatic nitrogens is 1.